The van der Waals surface area contributed by atoms with Gasteiger partial charge in [0.25, 0.3) is 0 Å². The number of rotatable bonds is 6. The van der Waals surface area contributed by atoms with Gasteiger partial charge >= 0.3 is 55.6 Å². The van der Waals surface area contributed by atoms with Crippen molar-refractivity contribution in [3.63, 3.8) is 0 Å². The van der Waals surface area contributed by atoms with Crippen LogP contribution in [0.25, 0.3) is 0 Å². The Kier molecular flexibility index (Phi) is 10.3. The van der Waals surface area contributed by atoms with E-state index in [9.17, 15) is 14.4 Å². The predicted octanol–water partition coefficient (Wildman–Crippen LogP) is 0.383. The maximum atomic E-state index is 11.2. The van der Waals surface area contributed by atoms with E-state index >= 15 is 0 Å². The Morgan fingerprint density at radius 3 is 2.35 bits per heavy atom. The van der Waals surface area contributed by atoms with E-state index in [0.717, 1.165) is 6.08 Å². The molecule has 6 heteroatoms. The monoisotopic (exact) mass is 268 g/mol. The second kappa shape index (κ2) is 9.39. The molecule has 0 aromatic rings. The molecule has 0 spiro atoms. The molecule has 0 aliphatic carbocycles. The summed E-state index contributed by atoms with van der Waals surface area (Å²) in [6, 6.07) is 0. The third kappa shape index (κ3) is 8.12. The zero-order chi connectivity index (χ0) is 12.7. The SMILES string of the molecule is C=CC(=O)OC(=O)C(C)CCC(=C)C(=O)O.[CaH2]. The minimum absolute atomic E-state index is 0. The van der Waals surface area contributed by atoms with E-state index in [4.69, 9.17) is 5.11 Å². The van der Waals surface area contributed by atoms with Crippen molar-refractivity contribution >= 4 is 55.6 Å². The molecule has 1 N–H and O–H groups in total. The Morgan fingerprint density at radius 1 is 1.41 bits per heavy atom. The van der Waals surface area contributed by atoms with Crippen LogP contribution in [0.4, 0.5) is 0 Å². The number of hydrogen-bond donors (Lipinski definition) is 1. The summed E-state index contributed by atoms with van der Waals surface area (Å²) in [7, 11) is 0. The van der Waals surface area contributed by atoms with Crippen molar-refractivity contribution in [1.82, 2.24) is 0 Å². The third-order valence-corrected chi connectivity index (χ3v) is 1.95. The van der Waals surface area contributed by atoms with Crippen molar-refractivity contribution in [1.29, 1.82) is 0 Å². The van der Waals surface area contributed by atoms with Gasteiger partial charge in [0, 0.05) is 11.6 Å². The molecule has 1 atom stereocenters. The van der Waals surface area contributed by atoms with E-state index in [-0.39, 0.29) is 56.2 Å². The fourth-order valence-electron chi connectivity index (χ4n) is 0.857. The second-order valence-electron chi connectivity index (χ2n) is 3.29. The first-order valence-corrected chi connectivity index (χ1v) is 4.67. The summed E-state index contributed by atoms with van der Waals surface area (Å²) < 4.78 is 4.38. The van der Waals surface area contributed by atoms with Crippen LogP contribution in [0, 0.1) is 5.92 Å². The van der Waals surface area contributed by atoms with Crippen molar-refractivity contribution in [2.24, 2.45) is 5.92 Å². The molecule has 5 nitrogen and oxygen atoms in total. The molecule has 1 unspecified atom stereocenters. The summed E-state index contributed by atoms with van der Waals surface area (Å²) in [5, 5.41) is 8.53. The molecule has 0 saturated carbocycles. The molecular formula is C11H16CaO5. The van der Waals surface area contributed by atoms with Gasteiger partial charge in [0.2, 0.25) is 0 Å². The van der Waals surface area contributed by atoms with Gasteiger partial charge in [-0.25, -0.2) is 9.59 Å². The van der Waals surface area contributed by atoms with Gasteiger partial charge in [0.1, 0.15) is 0 Å². The molecule has 0 radical (unpaired) electrons. The van der Waals surface area contributed by atoms with Crippen molar-refractivity contribution in [3.05, 3.63) is 24.8 Å². The van der Waals surface area contributed by atoms with E-state index < -0.39 is 23.8 Å². The Labute approximate surface area is 130 Å². The van der Waals surface area contributed by atoms with Gasteiger partial charge in [-0.15, -0.1) is 0 Å². The van der Waals surface area contributed by atoms with Gasteiger partial charge in [0.05, 0.1) is 5.92 Å². The van der Waals surface area contributed by atoms with E-state index in [1.165, 1.54) is 0 Å². The van der Waals surface area contributed by atoms with Gasteiger partial charge in [-0.05, 0) is 12.8 Å². The van der Waals surface area contributed by atoms with Crippen LogP contribution in [0.5, 0.6) is 0 Å². The fraction of sp³-hybridized carbons (Fsp3) is 0.364. The summed E-state index contributed by atoms with van der Waals surface area (Å²) in [4.78, 5) is 32.3. The molecule has 92 valence electrons. The predicted molar refractivity (Wildman–Crippen MR) is 65.0 cm³/mol. The molecule has 0 amide bonds. The molecule has 17 heavy (non-hydrogen) atoms. The van der Waals surface area contributed by atoms with Crippen LogP contribution in [0.15, 0.2) is 24.8 Å². The molecule has 0 fully saturated rings. The van der Waals surface area contributed by atoms with E-state index in [1.807, 2.05) is 0 Å². The van der Waals surface area contributed by atoms with Crippen LogP contribution in [0.3, 0.4) is 0 Å². The first-order chi connectivity index (χ1) is 7.38. The fourth-order valence-corrected chi connectivity index (χ4v) is 0.857. The average Bonchev–Trinajstić information content (AvgIpc) is 2.24. The molecule has 0 heterocycles. The van der Waals surface area contributed by atoms with Crippen molar-refractivity contribution in [2.45, 2.75) is 19.8 Å². The van der Waals surface area contributed by atoms with Crippen LogP contribution in [0.1, 0.15) is 19.8 Å². The van der Waals surface area contributed by atoms with Crippen LogP contribution in [-0.2, 0) is 19.1 Å². The number of carboxylic acid groups (broad SMARTS) is 1. The zero-order valence-corrected chi connectivity index (χ0v) is 9.06. The number of carbonyl (C=O) groups is 3. The molecule has 0 aromatic carbocycles. The molecule has 0 bridgehead atoms. The Balaban J connectivity index is 0. The number of hydrogen-bond acceptors (Lipinski definition) is 4. The molecule has 0 aliphatic heterocycles. The summed E-state index contributed by atoms with van der Waals surface area (Å²) in [6.45, 7) is 8.03. The van der Waals surface area contributed by atoms with Crippen molar-refractivity contribution in [3.8, 4) is 0 Å². The Bertz CT molecular complexity index is 335. The van der Waals surface area contributed by atoms with Crippen LogP contribution >= 0.6 is 0 Å². The number of carboxylic acids is 1. The number of carbonyl (C=O) groups excluding carboxylic acids is 2. The van der Waals surface area contributed by atoms with Gasteiger partial charge < -0.3 is 9.84 Å². The first-order valence-electron chi connectivity index (χ1n) is 4.67. The number of aliphatic carboxylic acids is 1. The van der Waals surface area contributed by atoms with Crippen molar-refractivity contribution in [2.75, 3.05) is 0 Å². The molecule has 0 aliphatic rings. The van der Waals surface area contributed by atoms with E-state index in [2.05, 4.69) is 17.9 Å². The number of ether oxygens (including phenoxy) is 1. The van der Waals surface area contributed by atoms with Crippen LogP contribution < -0.4 is 0 Å². The van der Waals surface area contributed by atoms with Crippen LogP contribution in [0.2, 0.25) is 0 Å². The molecule has 0 aromatic heterocycles. The van der Waals surface area contributed by atoms with Gasteiger partial charge in [-0.1, -0.05) is 20.1 Å². The molecule has 0 rings (SSSR count). The Hall–Kier alpha value is -0.650. The van der Waals surface area contributed by atoms with Gasteiger partial charge in [0.15, 0.2) is 0 Å². The summed E-state index contributed by atoms with van der Waals surface area (Å²) >= 11 is 0. The summed E-state index contributed by atoms with van der Waals surface area (Å²) in [6.07, 6.45) is 1.34. The second-order valence-corrected chi connectivity index (χ2v) is 3.29. The maximum absolute atomic E-state index is 11.2. The minimum atomic E-state index is -1.09. The Morgan fingerprint density at radius 2 is 1.94 bits per heavy atom. The number of esters is 2. The average molecular weight is 268 g/mol. The van der Waals surface area contributed by atoms with Gasteiger partial charge in [-0.3, -0.25) is 4.79 Å². The summed E-state index contributed by atoms with van der Waals surface area (Å²) in [5.41, 5.74) is 0.0229. The zero-order valence-electron chi connectivity index (χ0n) is 9.06. The van der Waals surface area contributed by atoms with Crippen LogP contribution in [-0.4, -0.2) is 60.8 Å². The quantitative estimate of drug-likeness (QED) is 0.326. The standard InChI is InChI=1S/C11H14O5.Ca.2H/c1-4-9(12)16-11(15)8(3)6-5-7(2)10(13)14;;;/h4,8H,1-2,5-6H2,3H3,(H,13,14);;;. The van der Waals surface area contributed by atoms with Gasteiger partial charge in [-0.2, -0.15) is 0 Å². The van der Waals surface area contributed by atoms with E-state index in [0.29, 0.717) is 0 Å². The summed E-state index contributed by atoms with van der Waals surface area (Å²) in [5.74, 6) is -3.15. The van der Waals surface area contributed by atoms with E-state index in [1.54, 1.807) is 6.92 Å². The normalized spacial score (nSPS) is 10.6. The first kappa shape index (κ1) is 18.7. The molecule has 0 saturated heterocycles. The third-order valence-electron chi connectivity index (χ3n) is 1.95. The molecular weight excluding hydrogens is 252 g/mol. The van der Waals surface area contributed by atoms with Crippen molar-refractivity contribution < 1.29 is 24.2 Å². The topological polar surface area (TPSA) is 80.7 Å².